The molecule has 0 atom stereocenters. The van der Waals surface area contributed by atoms with Gasteiger partial charge in [0.15, 0.2) is 0 Å². The predicted molar refractivity (Wildman–Crippen MR) is 67.9 cm³/mol. The highest BCUT2D eigenvalue weighted by Crippen LogP contribution is 2.02. The van der Waals surface area contributed by atoms with Gasteiger partial charge < -0.3 is 0 Å². The Morgan fingerprint density at radius 3 is 2.76 bits per heavy atom. The van der Waals surface area contributed by atoms with Gasteiger partial charge >= 0.3 is 0 Å². The van der Waals surface area contributed by atoms with Crippen molar-refractivity contribution in [2.24, 2.45) is 5.10 Å². The number of hydrazone groups is 1. The lowest BCUT2D eigenvalue weighted by Gasteiger charge is -2.04. The summed E-state index contributed by atoms with van der Waals surface area (Å²) < 4.78 is 1.84. The second kappa shape index (κ2) is 6.18. The SMILES string of the molecule is CCC(C)=NNC(=O)CCn1nc(C)cc1C. The van der Waals surface area contributed by atoms with E-state index in [4.69, 9.17) is 0 Å². The number of amides is 1. The highest BCUT2D eigenvalue weighted by Gasteiger charge is 2.04. The molecule has 5 nitrogen and oxygen atoms in total. The first kappa shape index (κ1) is 13.4. The van der Waals surface area contributed by atoms with E-state index in [1.165, 1.54) is 0 Å². The van der Waals surface area contributed by atoms with Crippen LogP contribution in [0.2, 0.25) is 0 Å². The topological polar surface area (TPSA) is 59.3 Å². The van der Waals surface area contributed by atoms with Crippen LogP contribution in [0.5, 0.6) is 0 Å². The van der Waals surface area contributed by atoms with Gasteiger partial charge in [0.05, 0.1) is 12.2 Å². The monoisotopic (exact) mass is 236 g/mol. The molecule has 1 N–H and O–H groups in total. The van der Waals surface area contributed by atoms with Crippen molar-refractivity contribution in [3.8, 4) is 0 Å². The van der Waals surface area contributed by atoms with Crippen LogP contribution >= 0.6 is 0 Å². The summed E-state index contributed by atoms with van der Waals surface area (Å²) in [4.78, 5) is 11.5. The van der Waals surface area contributed by atoms with E-state index in [0.29, 0.717) is 13.0 Å². The first-order chi connectivity index (χ1) is 8.02. The first-order valence-electron chi connectivity index (χ1n) is 5.86. The Labute approximate surface area is 102 Å². The molecule has 0 aromatic carbocycles. The van der Waals surface area contributed by atoms with Crippen LogP contribution in [-0.4, -0.2) is 21.4 Å². The van der Waals surface area contributed by atoms with Crippen LogP contribution in [0.15, 0.2) is 11.2 Å². The Hall–Kier alpha value is -1.65. The molecule has 0 fully saturated rings. The van der Waals surface area contributed by atoms with Crippen molar-refractivity contribution in [2.45, 2.75) is 47.1 Å². The van der Waals surface area contributed by atoms with Gasteiger partial charge in [0.2, 0.25) is 5.91 Å². The summed E-state index contributed by atoms with van der Waals surface area (Å²) in [6.45, 7) is 8.41. The molecule has 5 heteroatoms. The zero-order valence-corrected chi connectivity index (χ0v) is 10.9. The number of carbonyl (C=O) groups is 1. The number of nitrogens with zero attached hydrogens (tertiary/aromatic N) is 3. The lowest BCUT2D eigenvalue weighted by molar-refractivity contribution is -0.121. The molecular weight excluding hydrogens is 216 g/mol. The van der Waals surface area contributed by atoms with E-state index in [-0.39, 0.29) is 5.91 Å². The van der Waals surface area contributed by atoms with Gasteiger partial charge in [-0.3, -0.25) is 9.48 Å². The number of aryl methyl sites for hydroxylation is 3. The van der Waals surface area contributed by atoms with Crippen molar-refractivity contribution >= 4 is 11.6 Å². The number of hydrogen-bond acceptors (Lipinski definition) is 3. The summed E-state index contributed by atoms with van der Waals surface area (Å²) in [6, 6.07) is 2.00. The molecule has 94 valence electrons. The molecule has 0 radical (unpaired) electrons. The fraction of sp³-hybridized carbons (Fsp3) is 0.583. The number of rotatable bonds is 5. The average Bonchev–Trinajstić information content (AvgIpc) is 2.62. The normalized spacial score (nSPS) is 11.6. The molecule has 1 amide bonds. The predicted octanol–water partition coefficient (Wildman–Crippen LogP) is 1.79. The first-order valence-corrected chi connectivity index (χ1v) is 5.86. The van der Waals surface area contributed by atoms with Gasteiger partial charge in [0, 0.05) is 17.8 Å². The number of nitrogens with one attached hydrogen (secondary N) is 1. The summed E-state index contributed by atoms with van der Waals surface area (Å²) in [5, 5.41) is 8.26. The molecule has 0 unspecified atom stereocenters. The smallest absolute Gasteiger partial charge is 0.241 e. The number of aromatic nitrogens is 2. The van der Waals surface area contributed by atoms with Crippen molar-refractivity contribution in [2.75, 3.05) is 0 Å². The zero-order valence-electron chi connectivity index (χ0n) is 10.9. The third kappa shape index (κ3) is 4.38. The fourth-order valence-corrected chi connectivity index (χ4v) is 1.40. The molecule has 17 heavy (non-hydrogen) atoms. The molecule has 1 aromatic rings. The minimum absolute atomic E-state index is 0.0784. The third-order valence-corrected chi connectivity index (χ3v) is 2.54. The second-order valence-electron chi connectivity index (χ2n) is 4.14. The van der Waals surface area contributed by atoms with E-state index < -0.39 is 0 Å². The molecule has 0 saturated heterocycles. The highest BCUT2D eigenvalue weighted by atomic mass is 16.2. The van der Waals surface area contributed by atoms with E-state index in [0.717, 1.165) is 23.5 Å². The number of carbonyl (C=O) groups excluding carboxylic acids is 1. The van der Waals surface area contributed by atoms with Crippen LogP contribution in [0.1, 0.15) is 38.1 Å². The van der Waals surface area contributed by atoms with Crippen LogP contribution in [0.25, 0.3) is 0 Å². The Morgan fingerprint density at radius 2 is 2.24 bits per heavy atom. The maximum atomic E-state index is 11.5. The van der Waals surface area contributed by atoms with Gasteiger partial charge in [-0.15, -0.1) is 0 Å². The quantitative estimate of drug-likeness (QED) is 0.626. The molecule has 1 aromatic heterocycles. The minimum atomic E-state index is -0.0784. The summed E-state index contributed by atoms with van der Waals surface area (Å²) in [6.07, 6.45) is 1.24. The molecule has 0 bridgehead atoms. The highest BCUT2D eigenvalue weighted by molar-refractivity contribution is 5.84. The van der Waals surface area contributed by atoms with Crippen molar-refractivity contribution in [3.05, 3.63) is 17.5 Å². The fourth-order valence-electron chi connectivity index (χ4n) is 1.40. The van der Waals surface area contributed by atoms with E-state index in [1.54, 1.807) is 0 Å². The van der Waals surface area contributed by atoms with Gasteiger partial charge in [-0.25, -0.2) is 5.43 Å². The summed E-state index contributed by atoms with van der Waals surface area (Å²) >= 11 is 0. The molecule has 0 aliphatic heterocycles. The van der Waals surface area contributed by atoms with E-state index in [9.17, 15) is 4.79 Å². The van der Waals surface area contributed by atoms with Crippen molar-refractivity contribution in [1.82, 2.24) is 15.2 Å². The molecule has 0 aliphatic carbocycles. The maximum Gasteiger partial charge on any atom is 0.241 e. The van der Waals surface area contributed by atoms with Crippen molar-refractivity contribution < 1.29 is 4.79 Å². The van der Waals surface area contributed by atoms with Crippen molar-refractivity contribution in [1.29, 1.82) is 0 Å². The molecule has 0 spiro atoms. The lowest BCUT2D eigenvalue weighted by Crippen LogP contribution is -2.21. The molecule has 0 aliphatic rings. The van der Waals surface area contributed by atoms with Crippen LogP contribution in [0.3, 0.4) is 0 Å². The van der Waals surface area contributed by atoms with Gasteiger partial charge in [0.1, 0.15) is 0 Å². The van der Waals surface area contributed by atoms with Gasteiger partial charge in [-0.2, -0.15) is 10.2 Å². The lowest BCUT2D eigenvalue weighted by atomic mass is 10.3. The van der Waals surface area contributed by atoms with Gasteiger partial charge in [-0.1, -0.05) is 6.92 Å². The second-order valence-corrected chi connectivity index (χ2v) is 4.14. The zero-order chi connectivity index (χ0) is 12.8. The Kier molecular flexibility index (Phi) is 4.87. The Morgan fingerprint density at radius 1 is 1.53 bits per heavy atom. The van der Waals surface area contributed by atoms with E-state index >= 15 is 0 Å². The molecule has 1 rings (SSSR count). The standard InChI is InChI=1S/C12H20N4O/c1-5-9(2)13-14-12(17)6-7-16-11(4)8-10(3)15-16/h8H,5-7H2,1-4H3,(H,14,17). The largest absolute Gasteiger partial charge is 0.273 e. The van der Waals surface area contributed by atoms with E-state index in [1.807, 2.05) is 38.4 Å². The van der Waals surface area contributed by atoms with Crippen LogP contribution < -0.4 is 5.43 Å². The molecule has 0 saturated carbocycles. The third-order valence-electron chi connectivity index (χ3n) is 2.54. The Bertz CT molecular complexity index is 420. The van der Waals surface area contributed by atoms with E-state index in [2.05, 4.69) is 15.6 Å². The van der Waals surface area contributed by atoms with Gasteiger partial charge in [0.25, 0.3) is 0 Å². The maximum absolute atomic E-state index is 11.5. The average molecular weight is 236 g/mol. The Balaban J connectivity index is 2.41. The van der Waals surface area contributed by atoms with Crippen LogP contribution in [-0.2, 0) is 11.3 Å². The van der Waals surface area contributed by atoms with Crippen LogP contribution in [0, 0.1) is 13.8 Å². The van der Waals surface area contributed by atoms with Crippen LogP contribution in [0.4, 0.5) is 0 Å². The summed E-state index contributed by atoms with van der Waals surface area (Å²) in [5.41, 5.74) is 5.51. The molecule has 1 heterocycles. The summed E-state index contributed by atoms with van der Waals surface area (Å²) in [7, 11) is 0. The van der Waals surface area contributed by atoms with Gasteiger partial charge in [-0.05, 0) is 33.3 Å². The molecular formula is C12H20N4O. The minimum Gasteiger partial charge on any atom is -0.273 e. The van der Waals surface area contributed by atoms with Crippen molar-refractivity contribution in [3.63, 3.8) is 0 Å². The number of hydrogen-bond donors (Lipinski definition) is 1. The summed E-state index contributed by atoms with van der Waals surface area (Å²) in [5.74, 6) is -0.0784.